The van der Waals surface area contributed by atoms with Crippen molar-refractivity contribution in [3.63, 3.8) is 0 Å². The SMILES string of the molecule is CC(C)(C)[Si](C)(C)Oc1ccc(C[C@@]2(NC(=O)c3ccccc3)CCOC2=O)cc1O[Si](C)(C)C(C)(C)C. The monoisotopic (exact) mass is 555 g/mol. The molecule has 0 aliphatic carbocycles. The molecular formula is C30H45NO5Si2. The highest BCUT2D eigenvalue weighted by molar-refractivity contribution is 6.75. The summed E-state index contributed by atoms with van der Waals surface area (Å²) in [5.74, 6) is 0.742. The lowest BCUT2D eigenvalue weighted by atomic mass is 9.88. The van der Waals surface area contributed by atoms with E-state index in [4.69, 9.17) is 13.6 Å². The van der Waals surface area contributed by atoms with Crippen molar-refractivity contribution in [2.45, 2.75) is 96.2 Å². The number of benzene rings is 2. The summed E-state index contributed by atoms with van der Waals surface area (Å²) < 4.78 is 18.9. The van der Waals surface area contributed by atoms with Gasteiger partial charge in [-0.2, -0.15) is 0 Å². The van der Waals surface area contributed by atoms with E-state index in [1.54, 1.807) is 24.3 Å². The minimum absolute atomic E-state index is 0.00259. The lowest BCUT2D eigenvalue weighted by molar-refractivity contribution is -0.143. The van der Waals surface area contributed by atoms with Crippen molar-refractivity contribution < 1.29 is 23.2 Å². The summed E-state index contributed by atoms with van der Waals surface area (Å²) in [7, 11) is -4.33. The van der Waals surface area contributed by atoms with Crippen LogP contribution in [0.4, 0.5) is 0 Å². The first-order chi connectivity index (χ1) is 17.4. The fourth-order valence-electron chi connectivity index (χ4n) is 3.79. The maximum atomic E-state index is 13.1. The van der Waals surface area contributed by atoms with E-state index in [9.17, 15) is 9.59 Å². The van der Waals surface area contributed by atoms with E-state index in [2.05, 4.69) is 73.0 Å². The summed E-state index contributed by atoms with van der Waals surface area (Å²) in [6.07, 6.45) is 0.712. The van der Waals surface area contributed by atoms with Crippen molar-refractivity contribution in [3.8, 4) is 11.5 Å². The van der Waals surface area contributed by atoms with Crippen LogP contribution in [0.2, 0.25) is 36.3 Å². The predicted octanol–water partition coefficient (Wildman–Crippen LogP) is 7.11. The summed E-state index contributed by atoms with van der Waals surface area (Å²) in [5, 5.41) is 3.03. The molecule has 2 aromatic rings. The number of hydrogen-bond acceptors (Lipinski definition) is 5. The Kier molecular flexibility index (Phi) is 8.30. The highest BCUT2D eigenvalue weighted by Crippen LogP contribution is 2.44. The maximum absolute atomic E-state index is 13.1. The smallest absolute Gasteiger partial charge is 0.332 e. The third-order valence-electron chi connectivity index (χ3n) is 8.40. The molecule has 0 bridgehead atoms. The zero-order valence-corrected chi connectivity index (χ0v) is 26.8. The zero-order valence-electron chi connectivity index (χ0n) is 24.8. The van der Waals surface area contributed by atoms with E-state index in [-0.39, 0.29) is 22.6 Å². The fraction of sp³-hybridized carbons (Fsp3) is 0.533. The molecule has 6 nitrogen and oxygen atoms in total. The molecule has 1 aliphatic heterocycles. The van der Waals surface area contributed by atoms with Crippen molar-refractivity contribution in [2.24, 2.45) is 0 Å². The number of hydrogen-bond donors (Lipinski definition) is 1. The van der Waals surface area contributed by atoms with Gasteiger partial charge in [-0.05, 0) is 66.1 Å². The van der Waals surface area contributed by atoms with Gasteiger partial charge in [0.25, 0.3) is 22.5 Å². The van der Waals surface area contributed by atoms with Crippen LogP contribution in [0.25, 0.3) is 0 Å². The van der Waals surface area contributed by atoms with E-state index < -0.39 is 28.1 Å². The number of rotatable bonds is 8. The van der Waals surface area contributed by atoms with E-state index in [0.29, 0.717) is 24.2 Å². The molecule has 1 aliphatic rings. The van der Waals surface area contributed by atoms with Gasteiger partial charge < -0.3 is 18.9 Å². The summed E-state index contributed by atoms with van der Waals surface area (Å²) in [4.78, 5) is 26.1. The number of nitrogens with one attached hydrogen (secondary N) is 1. The van der Waals surface area contributed by atoms with Crippen LogP contribution in [0.3, 0.4) is 0 Å². The normalized spacial score (nSPS) is 18.6. The van der Waals surface area contributed by atoms with Crippen molar-refractivity contribution in [2.75, 3.05) is 6.61 Å². The Balaban J connectivity index is 2.00. The lowest BCUT2D eigenvalue weighted by Crippen LogP contribution is -2.53. The Morgan fingerprint density at radius 1 is 0.895 bits per heavy atom. The molecule has 8 heteroatoms. The van der Waals surface area contributed by atoms with Gasteiger partial charge in [0.05, 0.1) is 6.61 Å². The van der Waals surface area contributed by atoms with Gasteiger partial charge in [0, 0.05) is 18.4 Å². The van der Waals surface area contributed by atoms with E-state index in [1.807, 2.05) is 24.3 Å². The van der Waals surface area contributed by atoms with Gasteiger partial charge >= 0.3 is 5.97 Å². The Labute approximate surface area is 230 Å². The Bertz CT molecular complexity index is 1170. The zero-order chi connectivity index (χ0) is 28.6. The molecule has 1 N–H and O–H groups in total. The molecule has 1 atom stereocenters. The standard InChI is InChI=1S/C30H45NO5Si2/c1-28(2,3)37(7,8)35-24-17-16-22(20-25(24)36-38(9,10)29(4,5)6)21-30(18-19-34-27(30)33)31-26(32)23-14-12-11-13-15-23/h11-17,20H,18-19,21H2,1-10H3,(H,31,32)/t30-/m0/s1. The first-order valence-corrected chi connectivity index (χ1v) is 19.2. The van der Waals surface area contributed by atoms with Gasteiger partial charge in [0.15, 0.2) is 0 Å². The second kappa shape index (κ2) is 10.5. The molecule has 1 heterocycles. The number of carbonyl (C=O) groups excluding carboxylic acids is 2. The predicted molar refractivity (Wildman–Crippen MR) is 158 cm³/mol. The largest absolute Gasteiger partial charge is 0.541 e. The summed E-state index contributed by atoms with van der Waals surface area (Å²) in [5.41, 5.74) is 0.253. The fourth-order valence-corrected chi connectivity index (χ4v) is 5.83. The molecule has 3 rings (SSSR count). The molecule has 208 valence electrons. The molecule has 38 heavy (non-hydrogen) atoms. The van der Waals surface area contributed by atoms with Gasteiger partial charge in [-0.15, -0.1) is 0 Å². The second-order valence-electron chi connectivity index (χ2n) is 13.5. The Morgan fingerprint density at radius 3 is 1.95 bits per heavy atom. The minimum atomic E-state index is -2.19. The Morgan fingerprint density at radius 2 is 1.45 bits per heavy atom. The van der Waals surface area contributed by atoms with Crippen LogP contribution < -0.4 is 14.2 Å². The van der Waals surface area contributed by atoms with Gasteiger partial charge in [0.1, 0.15) is 17.0 Å². The molecule has 0 spiro atoms. The van der Waals surface area contributed by atoms with E-state index >= 15 is 0 Å². The number of carbonyl (C=O) groups is 2. The molecule has 1 saturated heterocycles. The summed E-state index contributed by atoms with van der Waals surface area (Å²) >= 11 is 0. The molecule has 0 unspecified atom stereocenters. The lowest BCUT2D eigenvalue weighted by Gasteiger charge is -2.40. The van der Waals surface area contributed by atoms with Crippen LogP contribution in [0.15, 0.2) is 48.5 Å². The molecule has 1 amide bonds. The molecule has 0 radical (unpaired) electrons. The van der Waals surface area contributed by atoms with Crippen LogP contribution in [-0.4, -0.2) is 40.7 Å². The Hall–Kier alpha value is -2.59. The van der Waals surface area contributed by atoms with Crippen LogP contribution in [0, 0.1) is 0 Å². The average molecular weight is 556 g/mol. The number of ether oxygens (including phenoxy) is 1. The van der Waals surface area contributed by atoms with Crippen molar-refractivity contribution >= 4 is 28.5 Å². The molecule has 2 aromatic carbocycles. The first kappa shape index (κ1) is 30.0. The van der Waals surface area contributed by atoms with E-state index in [0.717, 1.165) is 11.3 Å². The molecule has 0 aromatic heterocycles. The van der Waals surface area contributed by atoms with E-state index in [1.165, 1.54) is 0 Å². The highest BCUT2D eigenvalue weighted by atomic mass is 28.4. The third kappa shape index (κ3) is 6.51. The quantitative estimate of drug-likeness (QED) is 0.277. The topological polar surface area (TPSA) is 73.9 Å². The number of esters is 1. The van der Waals surface area contributed by atoms with Crippen LogP contribution in [-0.2, 0) is 16.0 Å². The average Bonchev–Trinajstić information content (AvgIpc) is 3.13. The maximum Gasteiger partial charge on any atom is 0.332 e. The molecule has 1 fully saturated rings. The van der Waals surface area contributed by atoms with Crippen LogP contribution in [0.5, 0.6) is 11.5 Å². The van der Waals surface area contributed by atoms with Crippen LogP contribution >= 0.6 is 0 Å². The summed E-state index contributed by atoms with van der Waals surface area (Å²) in [6.45, 7) is 22.4. The minimum Gasteiger partial charge on any atom is -0.541 e. The van der Waals surface area contributed by atoms with Gasteiger partial charge in [0.2, 0.25) is 0 Å². The van der Waals surface area contributed by atoms with Crippen molar-refractivity contribution in [1.82, 2.24) is 5.32 Å². The number of amides is 1. The van der Waals surface area contributed by atoms with Crippen molar-refractivity contribution in [1.29, 1.82) is 0 Å². The first-order valence-electron chi connectivity index (χ1n) is 13.4. The summed E-state index contributed by atoms with van der Waals surface area (Å²) in [6, 6.07) is 14.9. The molecule has 0 saturated carbocycles. The van der Waals surface area contributed by atoms with Gasteiger partial charge in [-0.1, -0.05) is 65.8 Å². The second-order valence-corrected chi connectivity index (χ2v) is 22.9. The van der Waals surface area contributed by atoms with Gasteiger partial charge in [-0.25, -0.2) is 4.79 Å². The molecular weight excluding hydrogens is 511 g/mol. The van der Waals surface area contributed by atoms with Gasteiger partial charge in [-0.3, -0.25) is 4.79 Å². The van der Waals surface area contributed by atoms with Crippen molar-refractivity contribution in [3.05, 3.63) is 59.7 Å². The van der Waals surface area contributed by atoms with Crippen LogP contribution in [0.1, 0.15) is 63.9 Å². The number of cyclic esters (lactones) is 1. The third-order valence-corrected chi connectivity index (χ3v) is 17.1. The highest BCUT2D eigenvalue weighted by Gasteiger charge is 2.47.